The standard InChI is InChI=1S/C23H41N/c1-8-19(17(3)13-16(2)15-24)18-9-10-20-21(14-18)23(6,7)12-11-22(20,4)5/h13,15,18-21H,8-12,14,24H2,1-7H3/b16-15+,17-13-. The van der Waals surface area contributed by atoms with Crippen LogP contribution in [0.15, 0.2) is 23.4 Å². The molecule has 0 heterocycles. The molecule has 0 saturated heterocycles. The van der Waals surface area contributed by atoms with Crippen LogP contribution in [0.4, 0.5) is 0 Å². The van der Waals surface area contributed by atoms with Gasteiger partial charge in [-0.1, -0.05) is 46.3 Å². The van der Waals surface area contributed by atoms with E-state index < -0.39 is 0 Å². The molecule has 24 heavy (non-hydrogen) atoms. The summed E-state index contributed by atoms with van der Waals surface area (Å²) in [5.41, 5.74) is 9.47. The third-order valence-electron chi connectivity index (χ3n) is 7.62. The molecule has 2 aliphatic rings. The molecule has 0 spiro atoms. The zero-order chi connectivity index (χ0) is 18.1. The van der Waals surface area contributed by atoms with Gasteiger partial charge in [0, 0.05) is 0 Å². The van der Waals surface area contributed by atoms with Gasteiger partial charge in [0.05, 0.1) is 0 Å². The van der Waals surface area contributed by atoms with Gasteiger partial charge in [-0.15, -0.1) is 0 Å². The lowest BCUT2D eigenvalue weighted by atomic mass is 9.49. The smallest absolute Gasteiger partial charge is 0.00326 e. The van der Waals surface area contributed by atoms with E-state index in [0.717, 1.165) is 23.7 Å². The second kappa shape index (κ2) is 7.26. The number of allylic oxidation sites excluding steroid dienone is 3. The molecule has 2 fully saturated rings. The van der Waals surface area contributed by atoms with E-state index in [1.54, 1.807) is 6.20 Å². The SMILES string of the molecule is CCC(/C(C)=C\C(C)=C\N)C1CCC2C(C1)C(C)(C)CCC2(C)C. The van der Waals surface area contributed by atoms with Crippen LogP contribution in [-0.4, -0.2) is 0 Å². The molecule has 0 amide bonds. The third-order valence-corrected chi connectivity index (χ3v) is 7.62. The molecule has 2 N–H and O–H groups in total. The molecule has 0 aliphatic heterocycles. The first-order valence-corrected chi connectivity index (χ1v) is 10.2. The van der Waals surface area contributed by atoms with E-state index in [2.05, 4.69) is 54.5 Å². The van der Waals surface area contributed by atoms with Crippen LogP contribution in [0.25, 0.3) is 0 Å². The molecule has 0 aromatic heterocycles. The zero-order valence-electron chi connectivity index (χ0n) is 17.3. The Morgan fingerprint density at radius 2 is 1.62 bits per heavy atom. The van der Waals surface area contributed by atoms with Gasteiger partial charge in [0.2, 0.25) is 0 Å². The van der Waals surface area contributed by atoms with E-state index in [1.165, 1.54) is 49.7 Å². The van der Waals surface area contributed by atoms with Gasteiger partial charge in [-0.3, -0.25) is 0 Å². The second-order valence-corrected chi connectivity index (χ2v) is 10.1. The molecular formula is C23H41N. The maximum absolute atomic E-state index is 5.69. The fourth-order valence-corrected chi connectivity index (χ4v) is 5.92. The van der Waals surface area contributed by atoms with Crippen LogP contribution in [0.3, 0.4) is 0 Å². The van der Waals surface area contributed by atoms with E-state index >= 15 is 0 Å². The van der Waals surface area contributed by atoms with E-state index in [4.69, 9.17) is 5.73 Å². The van der Waals surface area contributed by atoms with E-state index in [0.29, 0.717) is 10.8 Å². The zero-order valence-corrected chi connectivity index (χ0v) is 17.3. The van der Waals surface area contributed by atoms with E-state index in [-0.39, 0.29) is 0 Å². The summed E-state index contributed by atoms with van der Waals surface area (Å²) in [5.74, 6) is 3.39. The average molecular weight is 332 g/mol. The van der Waals surface area contributed by atoms with Crippen LogP contribution in [-0.2, 0) is 0 Å². The topological polar surface area (TPSA) is 26.0 Å². The van der Waals surface area contributed by atoms with Crippen molar-refractivity contribution in [3.63, 3.8) is 0 Å². The Morgan fingerprint density at radius 1 is 1.04 bits per heavy atom. The number of hydrogen-bond donors (Lipinski definition) is 1. The van der Waals surface area contributed by atoms with Crippen molar-refractivity contribution in [3.05, 3.63) is 23.4 Å². The molecule has 0 aromatic carbocycles. The lowest BCUT2D eigenvalue weighted by molar-refractivity contribution is -0.0644. The first-order chi connectivity index (χ1) is 11.1. The lowest BCUT2D eigenvalue weighted by Crippen LogP contribution is -2.48. The first kappa shape index (κ1) is 19.6. The van der Waals surface area contributed by atoms with Crippen molar-refractivity contribution in [2.75, 3.05) is 0 Å². The molecule has 0 aromatic rings. The normalized spacial score (nSPS) is 34.5. The Bertz CT molecular complexity index is 494. The summed E-state index contributed by atoms with van der Waals surface area (Å²) < 4.78 is 0. The minimum Gasteiger partial charge on any atom is -0.404 e. The van der Waals surface area contributed by atoms with Crippen molar-refractivity contribution >= 4 is 0 Å². The average Bonchev–Trinajstić information content (AvgIpc) is 2.52. The molecule has 2 aliphatic carbocycles. The van der Waals surface area contributed by atoms with Crippen molar-refractivity contribution in [2.24, 2.45) is 40.2 Å². The molecule has 4 atom stereocenters. The molecule has 1 heteroatoms. The van der Waals surface area contributed by atoms with Gasteiger partial charge in [0.15, 0.2) is 0 Å². The number of hydrogen-bond acceptors (Lipinski definition) is 1. The summed E-state index contributed by atoms with van der Waals surface area (Å²) in [7, 11) is 0. The fourth-order valence-electron chi connectivity index (χ4n) is 5.92. The molecule has 0 radical (unpaired) electrons. The molecule has 1 nitrogen and oxygen atoms in total. The maximum Gasteiger partial charge on any atom is -0.00326 e. The molecule has 4 unspecified atom stereocenters. The number of fused-ring (bicyclic) bond motifs is 1. The van der Waals surface area contributed by atoms with Gasteiger partial charge in [-0.05, 0) is 98.6 Å². The summed E-state index contributed by atoms with van der Waals surface area (Å²) in [4.78, 5) is 0. The highest BCUT2D eigenvalue weighted by atomic mass is 14.6. The van der Waals surface area contributed by atoms with Gasteiger partial charge >= 0.3 is 0 Å². The Morgan fingerprint density at radius 3 is 2.17 bits per heavy atom. The van der Waals surface area contributed by atoms with E-state index in [9.17, 15) is 0 Å². The highest BCUT2D eigenvalue weighted by Gasteiger charge is 2.50. The minimum atomic E-state index is 0.516. The first-order valence-electron chi connectivity index (χ1n) is 10.2. The Hall–Kier alpha value is -0.720. The van der Waals surface area contributed by atoms with E-state index in [1.807, 2.05) is 0 Å². The molecule has 2 rings (SSSR count). The maximum atomic E-state index is 5.69. The quantitative estimate of drug-likeness (QED) is 0.570. The molecule has 138 valence electrons. The van der Waals surface area contributed by atoms with Crippen LogP contribution in [0.5, 0.6) is 0 Å². The number of rotatable bonds is 4. The summed E-state index contributed by atoms with van der Waals surface area (Å²) >= 11 is 0. The lowest BCUT2D eigenvalue weighted by Gasteiger charge is -2.56. The second-order valence-electron chi connectivity index (χ2n) is 10.1. The van der Waals surface area contributed by atoms with Gasteiger partial charge in [0.25, 0.3) is 0 Å². The Balaban J connectivity index is 2.21. The van der Waals surface area contributed by atoms with Gasteiger partial charge < -0.3 is 5.73 Å². The summed E-state index contributed by atoms with van der Waals surface area (Å²) in [5, 5.41) is 0. The highest BCUT2D eigenvalue weighted by molar-refractivity contribution is 5.22. The molecule has 2 saturated carbocycles. The largest absolute Gasteiger partial charge is 0.404 e. The third kappa shape index (κ3) is 3.92. The van der Waals surface area contributed by atoms with Crippen molar-refractivity contribution in [1.82, 2.24) is 0 Å². The molecular weight excluding hydrogens is 290 g/mol. The monoisotopic (exact) mass is 331 g/mol. The fraction of sp³-hybridized carbons (Fsp3) is 0.826. The van der Waals surface area contributed by atoms with Crippen LogP contribution in [0.2, 0.25) is 0 Å². The Labute approximate surface area is 151 Å². The van der Waals surface area contributed by atoms with Crippen LogP contribution in [0.1, 0.15) is 87.0 Å². The minimum absolute atomic E-state index is 0.516. The van der Waals surface area contributed by atoms with Crippen molar-refractivity contribution in [2.45, 2.75) is 87.0 Å². The summed E-state index contributed by atoms with van der Waals surface area (Å²) in [6.07, 6.45) is 12.4. The highest BCUT2D eigenvalue weighted by Crippen LogP contribution is 2.59. The van der Waals surface area contributed by atoms with Crippen LogP contribution < -0.4 is 5.73 Å². The summed E-state index contributed by atoms with van der Waals surface area (Å²) in [6.45, 7) is 16.9. The Kier molecular flexibility index (Phi) is 5.93. The predicted molar refractivity (Wildman–Crippen MR) is 107 cm³/mol. The van der Waals surface area contributed by atoms with Crippen molar-refractivity contribution in [1.29, 1.82) is 0 Å². The summed E-state index contributed by atoms with van der Waals surface area (Å²) in [6, 6.07) is 0. The van der Waals surface area contributed by atoms with Crippen LogP contribution >= 0.6 is 0 Å². The number of nitrogens with two attached hydrogens (primary N) is 1. The predicted octanol–water partition coefficient (Wildman–Crippen LogP) is 6.70. The van der Waals surface area contributed by atoms with Crippen LogP contribution in [0, 0.1) is 34.5 Å². The van der Waals surface area contributed by atoms with Gasteiger partial charge in [-0.25, -0.2) is 0 Å². The van der Waals surface area contributed by atoms with Gasteiger partial charge in [0.1, 0.15) is 0 Å². The van der Waals surface area contributed by atoms with Gasteiger partial charge in [-0.2, -0.15) is 0 Å². The molecule has 0 bridgehead atoms. The van der Waals surface area contributed by atoms with Crippen molar-refractivity contribution in [3.8, 4) is 0 Å². The van der Waals surface area contributed by atoms with Crippen molar-refractivity contribution < 1.29 is 0 Å².